The van der Waals surface area contributed by atoms with E-state index in [4.69, 9.17) is 5.73 Å². The molecular formula is C21H30F3IN4. The van der Waals surface area contributed by atoms with Gasteiger partial charge in [0.1, 0.15) is 0 Å². The van der Waals surface area contributed by atoms with Crippen LogP contribution in [0.25, 0.3) is 0 Å². The van der Waals surface area contributed by atoms with Crippen molar-refractivity contribution in [2.45, 2.75) is 69.6 Å². The fraction of sp³-hybridized carbons (Fsp3) is 0.667. The van der Waals surface area contributed by atoms with Crippen LogP contribution in [0.1, 0.15) is 49.7 Å². The van der Waals surface area contributed by atoms with Crippen LogP contribution in [0.2, 0.25) is 0 Å². The van der Waals surface area contributed by atoms with Gasteiger partial charge in [0.2, 0.25) is 0 Å². The van der Waals surface area contributed by atoms with Crippen LogP contribution in [0.3, 0.4) is 0 Å². The highest BCUT2D eigenvalue weighted by molar-refractivity contribution is 14.0. The van der Waals surface area contributed by atoms with E-state index in [0.717, 1.165) is 31.4 Å². The summed E-state index contributed by atoms with van der Waals surface area (Å²) in [5.74, 6) is -0.688. The van der Waals surface area contributed by atoms with Crippen molar-refractivity contribution in [1.29, 1.82) is 0 Å². The summed E-state index contributed by atoms with van der Waals surface area (Å²) < 4.78 is 38.4. The van der Waals surface area contributed by atoms with E-state index in [2.05, 4.69) is 33.4 Å². The molecule has 1 heterocycles. The molecule has 2 aliphatic carbocycles. The lowest BCUT2D eigenvalue weighted by atomic mass is 9.83. The summed E-state index contributed by atoms with van der Waals surface area (Å²) in [6.45, 7) is 1.07. The van der Waals surface area contributed by atoms with Gasteiger partial charge in [-0.15, -0.1) is 24.0 Å². The van der Waals surface area contributed by atoms with Crippen LogP contribution in [0.4, 0.5) is 18.9 Å². The lowest BCUT2D eigenvalue weighted by molar-refractivity contribution is -0.187. The topological polar surface area (TPSA) is 53.6 Å². The number of benzene rings is 1. The molecule has 29 heavy (non-hydrogen) atoms. The summed E-state index contributed by atoms with van der Waals surface area (Å²) in [7, 11) is 0. The van der Waals surface area contributed by atoms with Crippen LogP contribution in [0.5, 0.6) is 0 Å². The minimum atomic E-state index is -4.05. The molecule has 1 saturated carbocycles. The molecule has 2 fully saturated rings. The molecule has 1 aromatic carbocycles. The van der Waals surface area contributed by atoms with Crippen molar-refractivity contribution in [3.8, 4) is 0 Å². The fourth-order valence-corrected chi connectivity index (χ4v) is 4.82. The highest BCUT2D eigenvalue weighted by Crippen LogP contribution is 2.37. The molecule has 1 aliphatic heterocycles. The van der Waals surface area contributed by atoms with Crippen molar-refractivity contribution in [2.75, 3.05) is 18.4 Å². The zero-order chi connectivity index (χ0) is 19.7. The summed E-state index contributed by atoms with van der Waals surface area (Å²) in [5, 5.41) is 3.28. The van der Waals surface area contributed by atoms with Crippen LogP contribution >= 0.6 is 24.0 Å². The molecule has 0 unspecified atom stereocenters. The second-order valence-corrected chi connectivity index (χ2v) is 8.42. The SMILES string of the molecule is I.NC(=NC1CC(N2CCC(C(F)(F)F)CC2)C1)Nc1cccc2c1CCCC2. The van der Waals surface area contributed by atoms with Gasteiger partial charge < -0.3 is 16.0 Å². The molecule has 3 N–H and O–H groups in total. The molecule has 1 aromatic rings. The molecule has 0 bridgehead atoms. The normalized spacial score (nSPS) is 26.2. The van der Waals surface area contributed by atoms with Crippen LogP contribution in [-0.2, 0) is 12.8 Å². The van der Waals surface area contributed by atoms with Crippen molar-refractivity contribution < 1.29 is 13.2 Å². The van der Waals surface area contributed by atoms with Crippen molar-refractivity contribution in [2.24, 2.45) is 16.6 Å². The first-order valence-corrected chi connectivity index (χ1v) is 10.4. The number of rotatable bonds is 3. The smallest absolute Gasteiger partial charge is 0.370 e. The van der Waals surface area contributed by atoms with Crippen LogP contribution in [-0.4, -0.2) is 42.2 Å². The van der Waals surface area contributed by atoms with Gasteiger partial charge in [-0.2, -0.15) is 13.2 Å². The van der Waals surface area contributed by atoms with Crippen molar-refractivity contribution in [3.63, 3.8) is 0 Å². The standard InChI is InChI=1S/C21H29F3N4.HI/c22-21(23,24)15-8-10-28(11-9-15)17-12-16(13-17)26-20(25)27-19-7-3-5-14-4-1-2-6-18(14)19;/h3,5,7,15-17H,1-2,4,6,8-13H2,(H3,25,26,27);1H. The van der Waals surface area contributed by atoms with E-state index >= 15 is 0 Å². The molecule has 8 heteroatoms. The highest BCUT2D eigenvalue weighted by atomic mass is 127. The van der Waals surface area contributed by atoms with Crippen LogP contribution in [0.15, 0.2) is 23.2 Å². The molecule has 4 nitrogen and oxygen atoms in total. The molecule has 162 valence electrons. The number of aryl methyl sites for hydroxylation is 1. The maximum atomic E-state index is 12.8. The Kier molecular flexibility index (Phi) is 7.35. The molecule has 0 atom stereocenters. The predicted octanol–water partition coefficient (Wildman–Crippen LogP) is 4.72. The number of nitrogens with zero attached hydrogens (tertiary/aromatic N) is 2. The maximum Gasteiger partial charge on any atom is 0.391 e. The number of nitrogens with one attached hydrogen (secondary N) is 1. The Morgan fingerprint density at radius 2 is 1.79 bits per heavy atom. The van der Waals surface area contributed by atoms with Gasteiger partial charge in [0.05, 0.1) is 12.0 Å². The molecule has 0 radical (unpaired) electrons. The number of piperidine rings is 1. The first-order chi connectivity index (χ1) is 13.4. The average Bonchev–Trinajstić information content (AvgIpc) is 2.64. The first-order valence-electron chi connectivity index (χ1n) is 10.4. The predicted molar refractivity (Wildman–Crippen MR) is 121 cm³/mol. The van der Waals surface area contributed by atoms with Crippen molar-refractivity contribution >= 4 is 35.6 Å². The second-order valence-electron chi connectivity index (χ2n) is 8.42. The van der Waals surface area contributed by atoms with Gasteiger partial charge >= 0.3 is 6.18 Å². The molecule has 0 spiro atoms. The van der Waals surface area contributed by atoms with Crippen LogP contribution in [0, 0.1) is 5.92 Å². The van der Waals surface area contributed by atoms with E-state index in [1.54, 1.807) is 0 Å². The summed E-state index contributed by atoms with van der Waals surface area (Å²) in [6.07, 6.45) is 2.80. The number of likely N-dealkylation sites (tertiary alicyclic amines) is 1. The van der Waals surface area contributed by atoms with E-state index in [9.17, 15) is 13.2 Å². The van der Waals surface area contributed by atoms with Crippen LogP contribution < -0.4 is 11.1 Å². The number of aliphatic imine (C=N–C) groups is 1. The minimum Gasteiger partial charge on any atom is -0.370 e. The Labute approximate surface area is 187 Å². The number of anilines is 1. The third-order valence-electron chi connectivity index (χ3n) is 6.58. The Morgan fingerprint density at radius 3 is 2.48 bits per heavy atom. The van der Waals surface area contributed by atoms with Gasteiger partial charge in [0.15, 0.2) is 5.96 Å². The van der Waals surface area contributed by atoms with Gasteiger partial charge in [-0.3, -0.25) is 0 Å². The van der Waals surface area contributed by atoms with E-state index in [0.29, 0.717) is 25.1 Å². The monoisotopic (exact) mass is 522 g/mol. The molecule has 4 rings (SSSR count). The average molecular weight is 522 g/mol. The lowest BCUT2D eigenvalue weighted by Crippen LogP contribution is -2.51. The van der Waals surface area contributed by atoms with E-state index in [1.807, 2.05) is 0 Å². The number of nitrogens with two attached hydrogens (primary N) is 1. The molecule has 1 saturated heterocycles. The zero-order valence-electron chi connectivity index (χ0n) is 16.5. The summed E-state index contributed by atoms with van der Waals surface area (Å²) in [4.78, 5) is 6.80. The second kappa shape index (κ2) is 9.41. The number of hydrogen-bond donors (Lipinski definition) is 2. The summed E-state index contributed by atoms with van der Waals surface area (Å²) in [5.41, 5.74) is 9.95. The third-order valence-corrected chi connectivity index (χ3v) is 6.58. The maximum absolute atomic E-state index is 12.8. The van der Waals surface area contributed by atoms with Crippen molar-refractivity contribution in [1.82, 2.24) is 4.90 Å². The van der Waals surface area contributed by atoms with Gasteiger partial charge in [-0.25, -0.2) is 4.99 Å². The van der Waals surface area contributed by atoms with Gasteiger partial charge in [0.25, 0.3) is 0 Å². The van der Waals surface area contributed by atoms with Gasteiger partial charge in [-0.1, -0.05) is 12.1 Å². The Balaban J connectivity index is 0.00000240. The van der Waals surface area contributed by atoms with E-state index < -0.39 is 12.1 Å². The number of alkyl halides is 3. The first kappa shape index (κ1) is 22.7. The van der Waals surface area contributed by atoms with Gasteiger partial charge in [-0.05, 0) is 81.6 Å². The Morgan fingerprint density at radius 1 is 1.10 bits per heavy atom. The molecule has 0 aromatic heterocycles. The number of halogens is 4. The quantitative estimate of drug-likeness (QED) is 0.344. The Bertz CT molecular complexity index is 723. The largest absolute Gasteiger partial charge is 0.391 e. The molecule has 3 aliphatic rings. The van der Waals surface area contributed by atoms with E-state index in [-0.39, 0.29) is 42.9 Å². The lowest BCUT2D eigenvalue weighted by Gasteiger charge is -2.44. The molecular weight excluding hydrogens is 492 g/mol. The van der Waals surface area contributed by atoms with E-state index in [1.165, 1.54) is 24.0 Å². The highest BCUT2D eigenvalue weighted by Gasteiger charge is 2.43. The third kappa shape index (κ3) is 5.37. The Hall–Kier alpha value is -1.03. The van der Waals surface area contributed by atoms with Gasteiger partial charge in [0, 0.05) is 11.7 Å². The summed E-state index contributed by atoms with van der Waals surface area (Å²) >= 11 is 0. The molecule has 0 amide bonds. The van der Waals surface area contributed by atoms with Crippen molar-refractivity contribution in [3.05, 3.63) is 29.3 Å². The number of hydrogen-bond acceptors (Lipinski definition) is 2. The number of guanidine groups is 1. The zero-order valence-corrected chi connectivity index (χ0v) is 18.9. The fourth-order valence-electron chi connectivity index (χ4n) is 4.82. The minimum absolute atomic E-state index is 0. The summed E-state index contributed by atoms with van der Waals surface area (Å²) in [6, 6.07) is 6.81. The number of fused-ring (bicyclic) bond motifs is 1.